The molecule has 0 radical (unpaired) electrons. The van der Waals surface area contributed by atoms with Gasteiger partial charge in [0.05, 0.1) is 29.1 Å². The van der Waals surface area contributed by atoms with E-state index >= 15 is 0 Å². The smallest absolute Gasteiger partial charge is 0.265 e. The minimum Gasteiger partial charge on any atom is -0.493 e. The second-order valence-electron chi connectivity index (χ2n) is 7.19. The number of aryl methyl sites for hydroxylation is 1. The van der Waals surface area contributed by atoms with E-state index in [-0.39, 0.29) is 11.8 Å². The van der Waals surface area contributed by atoms with Gasteiger partial charge in [-0.3, -0.25) is 9.59 Å². The molecule has 0 atom stereocenters. The van der Waals surface area contributed by atoms with Gasteiger partial charge in [0.15, 0.2) is 11.5 Å². The molecule has 2 aromatic heterocycles. The molecule has 0 bridgehead atoms. The molecule has 0 saturated carbocycles. The van der Waals surface area contributed by atoms with Crippen molar-refractivity contribution >= 4 is 46.1 Å². The van der Waals surface area contributed by atoms with Crippen LogP contribution in [-0.2, 0) is 0 Å². The number of thiophene rings is 1. The number of nitrogens with zero attached hydrogens (tertiary/aromatic N) is 3. The van der Waals surface area contributed by atoms with Crippen LogP contribution in [0.5, 0.6) is 11.5 Å². The van der Waals surface area contributed by atoms with Crippen LogP contribution in [0.4, 0.5) is 0 Å². The Balaban J connectivity index is 1.42. The van der Waals surface area contributed by atoms with E-state index in [0.717, 1.165) is 9.88 Å². The first-order valence-corrected chi connectivity index (χ1v) is 12.0. The van der Waals surface area contributed by atoms with Gasteiger partial charge < -0.3 is 19.3 Å². The molecule has 3 heterocycles. The van der Waals surface area contributed by atoms with Crippen molar-refractivity contribution in [1.29, 1.82) is 0 Å². The number of benzene rings is 1. The van der Waals surface area contributed by atoms with Crippen molar-refractivity contribution in [2.45, 2.75) is 6.92 Å². The quantitative estimate of drug-likeness (QED) is 0.527. The fourth-order valence-electron chi connectivity index (χ4n) is 3.54. The number of thiazole rings is 1. The highest BCUT2D eigenvalue weighted by molar-refractivity contribution is 7.24. The van der Waals surface area contributed by atoms with Gasteiger partial charge in [0, 0.05) is 31.7 Å². The molecular weight excluding hydrogens is 470 g/mol. The summed E-state index contributed by atoms with van der Waals surface area (Å²) in [5, 5.41) is 0.796. The predicted octanol–water partition coefficient (Wildman–Crippen LogP) is 4.45. The molecule has 168 valence electrons. The van der Waals surface area contributed by atoms with Crippen molar-refractivity contribution in [2.75, 3.05) is 40.4 Å². The largest absolute Gasteiger partial charge is 0.493 e. The van der Waals surface area contributed by atoms with Crippen LogP contribution in [0.2, 0.25) is 4.34 Å². The summed E-state index contributed by atoms with van der Waals surface area (Å²) in [4.78, 5) is 35.7. The lowest BCUT2D eigenvalue weighted by Gasteiger charge is -2.34. The van der Waals surface area contributed by atoms with Gasteiger partial charge in [-0.2, -0.15) is 0 Å². The first-order chi connectivity index (χ1) is 15.4. The zero-order valence-corrected chi connectivity index (χ0v) is 20.3. The van der Waals surface area contributed by atoms with Gasteiger partial charge in [-0.25, -0.2) is 4.98 Å². The molecule has 0 unspecified atom stereocenters. The van der Waals surface area contributed by atoms with Crippen molar-refractivity contribution in [3.63, 3.8) is 0 Å². The minimum absolute atomic E-state index is 0.0490. The number of hydrogen-bond acceptors (Lipinski definition) is 7. The molecule has 1 aromatic carbocycles. The number of amides is 2. The van der Waals surface area contributed by atoms with E-state index in [9.17, 15) is 9.59 Å². The number of halogens is 1. The molecule has 32 heavy (non-hydrogen) atoms. The molecule has 1 aliphatic rings. The van der Waals surface area contributed by atoms with Crippen molar-refractivity contribution in [3.05, 3.63) is 50.8 Å². The summed E-state index contributed by atoms with van der Waals surface area (Å²) in [7, 11) is 3.09. The van der Waals surface area contributed by atoms with Gasteiger partial charge in [0.2, 0.25) is 0 Å². The molecule has 3 aromatic rings. The van der Waals surface area contributed by atoms with Gasteiger partial charge in [-0.15, -0.1) is 22.7 Å². The van der Waals surface area contributed by atoms with E-state index in [0.29, 0.717) is 58.1 Å². The Bertz CT molecular complexity index is 1150. The monoisotopic (exact) mass is 491 g/mol. The Hall–Kier alpha value is -2.62. The summed E-state index contributed by atoms with van der Waals surface area (Å²) in [6.45, 7) is 3.71. The number of rotatable bonds is 5. The summed E-state index contributed by atoms with van der Waals surface area (Å²) in [6, 6.07) is 8.86. The number of aromatic nitrogens is 1. The summed E-state index contributed by atoms with van der Waals surface area (Å²) in [5.74, 6) is 0.940. The lowest BCUT2D eigenvalue weighted by atomic mass is 10.1. The molecular formula is C22H22ClN3O4S2. The van der Waals surface area contributed by atoms with Gasteiger partial charge in [0.1, 0.15) is 9.88 Å². The Labute approximate surface area is 199 Å². The van der Waals surface area contributed by atoms with Crippen LogP contribution in [-0.4, -0.2) is 67.0 Å². The molecule has 1 saturated heterocycles. The van der Waals surface area contributed by atoms with Crippen molar-refractivity contribution in [1.82, 2.24) is 14.8 Å². The summed E-state index contributed by atoms with van der Waals surface area (Å²) in [6.07, 6.45) is 0. The second-order valence-corrected chi connectivity index (χ2v) is 9.91. The molecule has 4 rings (SSSR count). The average molecular weight is 492 g/mol. The topological polar surface area (TPSA) is 72.0 Å². The minimum atomic E-state index is -0.0936. The van der Waals surface area contributed by atoms with E-state index in [1.54, 1.807) is 35.1 Å². The third kappa shape index (κ3) is 4.46. The summed E-state index contributed by atoms with van der Waals surface area (Å²) >= 11 is 8.86. The van der Waals surface area contributed by atoms with E-state index in [4.69, 9.17) is 21.1 Å². The van der Waals surface area contributed by atoms with E-state index in [2.05, 4.69) is 4.98 Å². The van der Waals surface area contributed by atoms with Crippen LogP contribution < -0.4 is 9.47 Å². The van der Waals surface area contributed by atoms with E-state index < -0.39 is 0 Å². The number of carbonyl (C=O) groups is 2. The number of hydrogen-bond donors (Lipinski definition) is 0. The molecule has 1 aliphatic heterocycles. The standard InChI is InChI=1S/C22H22ClN3O4S2/c1-13-19(32-20(24-13)17-6-7-18(23)31-17)22(28)26-10-8-25(9-11-26)21(27)14-4-5-15(29-2)16(12-14)30-3/h4-7,12H,8-11H2,1-3H3. The van der Waals surface area contributed by atoms with Crippen molar-refractivity contribution in [2.24, 2.45) is 0 Å². The zero-order chi connectivity index (χ0) is 22.8. The van der Waals surface area contributed by atoms with Crippen LogP contribution >= 0.6 is 34.3 Å². The first kappa shape index (κ1) is 22.6. The third-order valence-corrected chi connectivity index (χ3v) is 7.81. The highest BCUT2D eigenvalue weighted by Gasteiger charge is 2.28. The first-order valence-electron chi connectivity index (χ1n) is 9.95. The van der Waals surface area contributed by atoms with Gasteiger partial charge in [-0.05, 0) is 37.3 Å². The molecule has 0 aliphatic carbocycles. The van der Waals surface area contributed by atoms with Gasteiger partial charge in [0.25, 0.3) is 11.8 Å². The maximum atomic E-state index is 13.1. The number of piperazine rings is 1. The Morgan fingerprint density at radius 1 is 0.938 bits per heavy atom. The number of ether oxygens (including phenoxy) is 2. The normalized spacial score (nSPS) is 13.9. The molecule has 0 spiro atoms. The summed E-state index contributed by atoms with van der Waals surface area (Å²) < 4.78 is 11.2. The Kier molecular flexibility index (Phi) is 6.68. The lowest BCUT2D eigenvalue weighted by molar-refractivity contribution is 0.0537. The molecule has 10 heteroatoms. The lowest BCUT2D eigenvalue weighted by Crippen LogP contribution is -2.50. The van der Waals surface area contributed by atoms with Gasteiger partial charge in [-0.1, -0.05) is 11.6 Å². The number of methoxy groups -OCH3 is 2. The molecule has 7 nitrogen and oxygen atoms in total. The van der Waals surface area contributed by atoms with Crippen LogP contribution in [0.15, 0.2) is 30.3 Å². The highest BCUT2D eigenvalue weighted by atomic mass is 35.5. The highest BCUT2D eigenvalue weighted by Crippen LogP contribution is 2.35. The van der Waals surface area contributed by atoms with Crippen LogP contribution in [0.3, 0.4) is 0 Å². The average Bonchev–Trinajstić information content (AvgIpc) is 3.43. The van der Waals surface area contributed by atoms with Crippen LogP contribution in [0, 0.1) is 6.92 Å². The predicted molar refractivity (Wildman–Crippen MR) is 127 cm³/mol. The Morgan fingerprint density at radius 2 is 1.59 bits per heavy atom. The molecule has 1 fully saturated rings. The summed E-state index contributed by atoms with van der Waals surface area (Å²) in [5.41, 5.74) is 1.24. The van der Waals surface area contributed by atoms with Crippen molar-refractivity contribution in [3.8, 4) is 21.4 Å². The molecule has 2 amide bonds. The van der Waals surface area contributed by atoms with Crippen LogP contribution in [0.1, 0.15) is 25.7 Å². The van der Waals surface area contributed by atoms with Crippen LogP contribution in [0.25, 0.3) is 9.88 Å². The number of carbonyl (C=O) groups excluding carboxylic acids is 2. The van der Waals surface area contributed by atoms with Gasteiger partial charge >= 0.3 is 0 Å². The maximum Gasteiger partial charge on any atom is 0.265 e. The fourth-order valence-corrected chi connectivity index (χ4v) is 5.67. The maximum absolute atomic E-state index is 13.1. The van der Waals surface area contributed by atoms with E-state index in [1.165, 1.54) is 29.8 Å². The second kappa shape index (κ2) is 9.48. The van der Waals surface area contributed by atoms with Crippen molar-refractivity contribution < 1.29 is 19.1 Å². The SMILES string of the molecule is COc1ccc(C(=O)N2CCN(C(=O)c3sc(-c4ccc(Cl)s4)nc3C)CC2)cc1OC. The third-order valence-electron chi connectivity index (χ3n) is 5.26. The Morgan fingerprint density at radius 3 is 2.19 bits per heavy atom. The zero-order valence-electron chi connectivity index (χ0n) is 17.9. The van der Waals surface area contributed by atoms with E-state index in [1.807, 2.05) is 19.1 Å². The fraction of sp³-hybridized carbons (Fsp3) is 0.318. The molecule has 0 N–H and O–H groups in total.